The third-order valence-corrected chi connectivity index (χ3v) is 3.11. The molecule has 2 aromatic carbocycles. The Kier molecular flexibility index (Phi) is 3.93. The number of halogens is 2. The maximum absolute atomic E-state index is 13.7. The van der Waals surface area contributed by atoms with Gasteiger partial charge < -0.3 is 10.5 Å². The molecule has 20 heavy (non-hydrogen) atoms. The van der Waals surface area contributed by atoms with E-state index in [0.29, 0.717) is 11.7 Å². The Hall–Kier alpha value is -2.10. The van der Waals surface area contributed by atoms with Crippen molar-refractivity contribution in [1.82, 2.24) is 0 Å². The number of nitrogens with two attached hydrogens (primary N) is 1. The van der Waals surface area contributed by atoms with E-state index in [1.54, 1.807) is 6.07 Å². The normalized spacial score (nSPS) is 10.9. The summed E-state index contributed by atoms with van der Waals surface area (Å²) in [5, 5.41) is 0. The average Bonchev–Trinajstić information content (AvgIpc) is 2.35. The van der Waals surface area contributed by atoms with Crippen molar-refractivity contribution in [3.8, 4) is 11.5 Å². The second-order valence-corrected chi connectivity index (χ2v) is 5.10. The summed E-state index contributed by atoms with van der Waals surface area (Å²) < 4.78 is 32.9. The second kappa shape index (κ2) is 5.49. The third kappa shape index (κ3) is 2.90. The van der Waals surface area contributed by atoms with E-state index in [2.05, 4.69) is 0 Å². The number of aryl methyl sites for hydroxylation is 1. The molecule has 0 aliphatic heterocycles. The molecule has 0 aliphatic rings. The monoisotopic (exact) mass is 277 g/mol. The number of ether oxygens (including phenoxy) is 1. The van der Waals surface area contributed by atoms with Crippen molar-refractivity contribution < 1.29 is 13.5 Å². The molecule has 0 heterocycles. The first kappa shape index (κ1) is 14.3. The minimum atomic E-state index is -0.808. The van der Waals surface area contributed by atoms with Crippen LogP contribution in [0.2, 0.25) is 0 Å². The molecule has 2 aromatic rings. The van der Waals surface area contributed by atoms with Gasteiger partial charge in [0.2, 0.25) is 0 Å². The number of hydrogen-bond donors (Lipinski definition) is 1. The molecule has 0 amide bonds. The zero-order valence-electron chi connectivity index (χ0n) is 11.7. The molecule has 0 aliphatic carbocycles. The van der Waals surface area contributed by atoms with Gasteiger partial charge in [0.1, 0.15) is 5.75 Å². The van der Waals surface area contributed by atoms with E-state index < -0.39 is 17.4 Å². The Bertz CT molecular complexity index is 615. The molecular formula is C16H17F2NO. The van der Waals surface area contributed by atoms with Crippen molar-refractivity contribution in [1.29, 1.82) is 0 Å². The summed E-state index contributed by atoms with van der Waals surface area (Å²) in [5.41, 5.74) is 7.26. The Morgan fingerprint density at radius 3 is 2.20 bits per heavy atom. The van der Waals surface area contributed by atoms with Gasteiger partial charge in [0.25, 0.3) is 0 Å². The van der Waals surface area contributed by atoms with Gasteiger partial charge in [0.05, 0.1) is 0 Å². The summed E-state index contributed by atoms with van der Waals surface area (Å²) in [6.07, 6.45) is 0. The summed E-state index contributed by atoms with van der Waals surface area (Å²) in [6.45, 7) is 5.91. The van der Waals surface area contributed by atoms with Crippen molar-refractivity contribution >= 4 is 5.69 Å². The third-order valence-electron chi connectivity index (χ3n) is 3.11. The van der Waals surface area contributed by atoms with Gasteiger partial charge in [0.15, 0.2) is 17.4 Å². The number of anilines is 1. The highest BCUT2D eigenvalue weighted by Gasteiger charge is 2.14. The maximum Gasteiger partial charge on any atom is 0.198 e. The smallest absolute Gasteiger partial charge is 0.198 e. The van der Waals surface area contributed by atoms with Crippen molar-refractivity contribution in [2.75, 3.05) is 5.73 Å². The van der Waals surface area contributed by atoms with Gasteiger partial charge in [-0.2, -0.15) is 0 Å². The van der Waals surface area contributed by atoms with Crippen LogP contribution in [0.25, 0.3) is 0 Å². The van der Waals surface area contributed by atoms with Crippen molar-refractivity contribution in [2.24, 2.45) is 0 Å². The molecule has 2 nitrogen and oxygen atoms in total. The standard InChI is InChI=1S/C16H17F2NO/c1-9(2)11-5-4-10(3)15(6-11)20-16-13(17)7-12(19)8-14(16)18/h4-9H,19H2,1-3H3. The van der Waals surface area contributed by atoms with Gasteiger partial charge >= 0.3 is 0 Å². The van der Waals surface area contributed by atoms with Crippen LogP contribution in [0.1, 0.15) is 30.9 Å². The lowest BCUT2D eigenvalue weighted by Crippen LogP contribution is -1.98. The van der Waals surface area contributed by atoms with E-state index >= 15 is 0 Å². The first-order valence-corrected chi connectivity index (χ1v) is 6.41. The van der Waals surface area contributed by atoms with E-state index in [9.17, 15) is 8.78 Å². The van der Waals surface area contributed by atoms with E-state index in [1.165, 1.54) is 0 Å². The van der Waals surface area contributed by atoms with Crippen LogP contribution in [0.3, 0.4) is 0 Å². The second-order valence-electron chi connectivity index (χ2n) is 5.10. The molecular weight excluding hydrogens is 260 g/mol. The maximum atomic E-state index is 13.7. The fraction of sp³-hybridized carbons (Fsp3) is 0.250. The topological polar surface area (TPSA) is 35.2 Å². The molecule has 0 saturated heterocycles. The van der Waals surface area contributed by atoms with Gasteiger partial charge in [-0.3, -0.25) is 0 Å². The summed E-state index contributed by atoms with van der Waals surface area (Å²) in [7, 11) is 0. The molecule has 106 valence electrons. The summed E-state index contributed by atoms with van der Waals surface area (Å²) >= 11 is 0. The molecule has 4 heteroatoms. The molecule has 0 spiro atoms. The minimum absolute atomic E-state index is 0.0278. The molecule has 0 atom stereocenters. The Morgan fingerprint density at radius 1 is 1.05 bits per heavy atom. The van der Waals surface area contributed by atoms with Crippen LogP contribution < -0.4 is 10.5 Å². The lowest BCUT2D eigenvalue weighted by atomic mass is 10.0. The summed E-state index contributed by atoms with van der Waals surface area (Å²) in [5.74, 6) is -1.30. The van der Waals surface area contributed by atoms with Crippen LogP contribution in [-0.2, 0) is 0 Å². The van der Waals surface area contributed by atoms with Gasteiger partial charge in [-0.1, -0.05) is 26.0 Å². The van der Waals surface area contributed by atoms with E-state index in [-0.39, 0.29) is 5.69 Å². The Balaban J connectivity index is 2.42. The molecule has 0 radical (unpaired) electrons. The SMILES string of the molecule is Cc1ccc(C(C)C)cc1Oc1c(F)cc(N)cc1F. The lowest BCUT2D eigenvalue weighted by Gasteiger charge is -2.13. The predicted molar refractivity (Wildman–Crippen MR) is 76.1 cm³/mol. The largest absolute Gasteiger partial charge is 0.451 e. The Labute approximate surface area is 117 Å². The number of hydrogen-bond acceptors (Lipinski definition) is 2. The predicted octanol–water partition coefficient (Wildman–Crippen LogP) is 4.77. The van der Waals surface area contributed by atoms with Crippen LogP contribution >= 0.6 is 0 Å². The highest BCUT2D eigenvalue weighted by Crippen LogP contribution is 2.32. The fourth-order valence-corrected chi connectivity index (χ4v) is 1.87. The summed E-state index contributed by atoms with van der Waals surface area (Å²) in [4.78, 5) is 0. The van der Waals surface area contributed by atoms with Crippen LogP contribution in [0, 0.1) is 18.6 Å². The highest BCUT2D eigenvalue weighted by atomic mass is 19.1. The molecule has 2 N–H and O–H groups in total. The van der Waals surface area contributed by atoms with Crippen LogP contribution in [0.15, 0.2) is 30.3 Å². The molecule has 0 fully saturated rings. The lowest BCUT2D eigenvalue weighted by molar-refractivity contribution is 0.405. The van der Waals surface area contributed by atoms with Gasteiger partial charge in [-0.15, -0.1) is 0 Å². The summed E-state index contributed by atoms with van der Waals surface area (Å²) in [6, 6.07) is 7.73. The van der Waals surface area contributed by atoms with E-state index in [1.807, 2.05) is 32.9 Å². The Morgan fingerprint density at radius 2 is 1.65 bits per heavy atom. The molecule has 0 aromatic heterocycles. The van der Waals surface area contributed by atoms with Crippen molar-refractivity contribution in [3.05, 3.63) is 53.1 Å². The molecule has 0 unspecified atom stereocenters. The van der Waals surface area contributed by atoms with Gasteiger partial charge in [-0.05, 0) is 30.0 Å². The number of nitrogen functional groups attached to an aromatic ring is 1. The molecule has 2 rings (SSSR count). The number of rotatable bonds is 3. The molecule has 0 saturated carbocycles. The van der Waals surface area contributed by atoms with Crippen LogP contribution in [0.4, 0.5) is 14.5 Å². The van der Waals surface area contributed by atoms with Gasteiger partial charge in [0, 0.05) is 17.8 Å². The first-order chi connectivity index (χ1) is 9.38. The minimum Gasteiger partial charge on any atom is -0.451 e. The van der Waals surface area contributed by atoms with Crippen LogP contribution in [0.5, 0.6) is 11.5 Å². The average molecular weight is 277 g/mol. The van der Waals surface area contributed by atoms with Crippen molar-refractivity contribution in [2.45, 2.75) is 26.7 Å². The quantitative estimate of drug-likeness (QED) is 0.820. The fourth-order valence-electron chi connectivity index (χ4n) is 1.87. The zero-order valence-corrected chi connectivity index (χ0v) is 11.7. The van der Waals surface area contributed by atoms with Crippen molar-refractivity contribution in [3.63, 3.8) is 0 Å². The van der Waals surface area contributed by atoms with Crippen LogP contribution in [-0.4, -0.2) is 0 Å². The number of benzene rings is 2. The first-order valence-electron chi connectivity index (χ1n) is 6.41. The van der Waals surface area contributed by atoms with Gasteiger partial charge in [-0.25, -0.2) is 8.78 Å². The zero-order chi connectivity index (χ0) is 14.9. The van der Waals surface area contributed by atoms with E-state index in [0.717, 1.165) is 23.3 Å². The molecule has 0 bridgehead atoms. The van der Waals surface area contributed by atoms with E-state index in [4.69, 9.17) is 10.5 Å². The highest BCUT2D eigenvalue weighted by molar-refractivity contribution is 5.47.